The van der Waals surface area contributed by atoms with Crippen molar-refractivity contribution in [2.45, 2.75) is 0 Å². The highest BCUT2D eigenvalue weighted by Crippen LogP contribution is 2.34. The second-order valence-corrected chi connectivity index (χ2v) is 7.41. The summed E-state index contributed by atoms with van der Waals surface area (Å²) in [5, 5.41) is 4.77. The van der Waals surface area contributed by atoms with Crippen molar-refractivity contribution in [3.05, 3.63) is 48.3 Å². The normalized spacial score (nSPS) is 21.5. The Kier molecular flexibility index (Phi) is 3.88. The maximum Gasteiger partial charge on any atom is 0.180 e. The number of nitrogens with zero attached hydrogens (tertiary/aromatic N) is 5. The van der Waals surface area contributed by atoms with Crippen molar-refractivity contribution in [2.75, 3.05) is 45.2 Å². The monoisotopic (exact) mass is 351 g/mol. The molecule has 0 amide bonds. The van der Waals surface area contributed by atoms with Crippen LogP contribution in [-0.2, 0) is 4.79 Å². The lowest BCUT2D eigenvalue weighted by atomic mass is 10.1. The van der Waals surface area contributed by atoms with Crippen LogP contribution in [-0.4, -0.2) is 65.9 Å². The third-order valence-corrected chi connectivity index (χ3v) is 4.98. The highest BCUT2D eigenvalue weighted by molar-refractivity contribution is 6.20. The number of piperazine rings is 1. The fourth-order valence-electron chi connectivity index (χ4n) is 3.27. The Balaban J connectivity index is 1.79. The number of fused-ring (bicyclic) bond motifs is 1. The summed E-state index contributed by atoms with van der Waals surface area (Å²) >= 11 is 0. The number of likely N-dealkylation sites (N-methyl/N-ethyl adjacent to an activating group) is 1. The lowest BCUT2D eigenvalue weighted by Crippen LogP contribution is -2.55. The van der Waals surface area contributed by atoms with E-state index in [0.717, 1.165) is 47.7 Å². The van der Waals surface area contributed by atoms with Crippen molar-refractivity contribution in [2.24, 2.45) is 10.7 Å². The first kappa shape index (κ1) is 16.5. The summed E-state index contributed by atoms with van der Waals surface area (Å²) in [6.07, 6.45) is 6.49. The molecule has 0 aromatic carbocycles. The van der Waals surface area contributed by atoms with Crippen LogP contribution in [0.3, 0.4) is 0 Å². The molecule has 0 saturated carbocycles. The van der Waals surface area contributed by atoms with Crippen LogP contribution in [0, 0.1) is 0 Å². The highest BCUT2D eigenvalue weighted by Gasteiger charge is 2.28. The Labute approximate surface area is 152 Å². The Morgan fingerprint density at radius 1 is 1.19 bits per heavy atom. The first-order valence-corrected chi connectivity index (χ1v) is 8.76. The van der Waals surface area contributed by atoms with Crippen LogP contribution in [0.5, 0.6) is 0 Å². The Hall–Kier alpha value is -2.93. The van der Waals surface area contributed by atoms with Crippen molar-refractivity contribution in [1.82, 2.24) is 9.61 Å². The Morgan fingerprint density at radius 3 is 2.69 bits per heavy atom. The molecule has 0 atom stereocenters. The summed E-state index contributed by atoms with van der Waals surface area (Å²) in [6.45, 7) is 3.96. The molecule has 0 unspecified atom stereocenters. The van der Waals surface area contributed by atoms with E-state index in [1.165, 1.54) is 12.2 Å². The van der Waals surface area contributed by atoms with Gasteiger partial charge in [-0.2, -0.15) is 0 Å². The molecular formula is C19H23N6O+. The zero-order valence-electron chi connectivity index (χ0n) is 15.1. The average Bonchev–Trinajstić information content (AvgIpc) is 2.96. The van der Waals surface area contributed by atoms with Crippen LogP contribution in [0.15, 0.2) is 53.3 Å². The first-order chi connectivity index (χ1) is 12.4. The summed E-state index contributed by atoms with van der Waals surface area (Å²) in [5.74, 6) is 0.749. The molecule has 2 aliphatic rings. The van der Waals surface area contributed by atoms with E-state index in [4.69, 9.17) is 15.8 Å². The number of pyridine rings is 1. The number of hydrogen-bond acceptors (Lipinski definition) is 5. The summed E-state index contributed by atoms with van der Waals surface area (Å²) in [5.41, 5.74) is 8.71. The molecule has 0 bridgehead atoms. The number of rotatable bonds is 2. The summed E-state index contributed by atoms with van der Waals surface area (Å²) < 4.78 is 2.86. The van der Waals surface area contributed by atoms with Crippen molar-refractivity contribution < 1.29 is 9.28 Å². The van der Waals surface area contributed by atoms with E-state index < -0.39 is 0 Å². The predicted octanol–water partition coefficient (Wildman–Crippen LogP) is 1.28. The lowest BCUT2D eigenvalue weighted by Gasteiger charge is -2.39. The van der Waals surface area contributed by atoms with E-state index in [0.29, 0.717) is 11.4 Å². The molecule has 1 fully saturated rings. The van der Waals surface area contributed by atoms with E-state index in [1.807, 2.05) is 28.9 Å². The third-order valence-electron chi connectivity index (χ3n) is 4.98. The minimum atomic E-state index is -0.113. The molecule has 26 heavy (non-hydrogen) atoms. The zero-order chi connectivity index (χ0) is 18.3. The fraction of sp³-hybridized carbons (Fsp3) is 0.316. The second kappa shape index (κ2) is 6.10. The largest absolute Gasteiger partial charge is 0.397 e. The van der Waals surface area contributed by atoms with Gasteiger partial charge in [-0.05, 0) is 24.3 Å². The van der Waals surface area contributed by atoms with E-state index in [9.17, 15) is 4.79 Å². The van der Waals surface area contributed by atoms with Gasteiger partial charge in [0.1, 0.15) is 5.69 Å². The fourth-order valence-corrected chi connectivity index (χ4v) is 3.27. The second-order valence-electron chi connectivity index (χ2n) is 7.41. The number of anilines is 1. The van der Waals surface area contributed by atoms with Crippen LogP contribution in [0.25, 0.3) is 5.52 Å². The van der Waals surface area contributed by atoms with Gasteiger partial charge in [0.15, 0.2) is 11.6 Å². The number of nitrogens with two attached hydrogens (primary N) is 1. The van der Waals surface area contributed by atoms with Crippen molar-refractivity contribution in [3.63, 3.8) is 0 Å². The quantitative estimate of drug-likeness (QED) is 0.653. The van der Waals surface area contributed by atoms with Gasteiger partial charge in [0.25, 0.3) is 0 Å². The van der Waals surface area contributed by atoms with E-state index >= 15 is 0 Å². The number of aromatic nitrogens is 2. The number of carbonyl (C=O) groups excluding carboxylic acids is 1. The molecule has 2 aromatic heterocycles. The molecule has 1 aliphatic carbocycles. The maximum atomic E-state index is 11.5. The van der Waals surface area contributed by atoms with Gasteiger partial charge in [-0.25, -0.2) is 9.51 Å². The standard InChI is InChI=1S/C19H22N6O/c1-25(2)11-9-23(10-12-25)19-18(17-5-3-4-8-24(17)22-19)21-16-7-6-14(26)13-15(16)20/h3-8,13H,9-12H2,1-2H3,(H-,20,26)/p+1/b21-16+. The average molecular weight is 351 g/mol. The van der Waals surface area contributed by atoms with Gasteiger partial charge in [-0.15, -0.1) is 5.10 Å². The van der Waals surface area contributed by atoms with E-state index in [1.54, 1.807) is 6.08 Å². The number of hydrogen-bond donors (Lipinski definition) is 1. The highest BCUT2D eigenvalue weighted by atomic mass is 16.1. The van der Waals surface area contributed by atoms with Gasteiger partial charge in [0, 0.05) is 12.3 Å². The lowest BCUT2D eigenvalue weighted by molar-refractivity contribution is -0.890. The molecule has 1 aliphatic heterocycles. The van der Waals surface area contributed by atoms with Crippen LogP contribution < -0.4 is 10.6 Å². The maximum absolute atomic E-state index is 11.5. The SMILES string of the molecule is C[N+]1(C)CCN(c2nn3ccccc3c2/N=C2\C=CC(=O)C=C2N)CC1. The molecule has 0 radical (unpaired) electrons. The molecule has 3 heterocycles. The first-order valence-electron chi connectivity index (χ1n) is 8.76. The van der Waals surface area contributed by atoms with Crippen molar-refractivity contribution in [3.8, 4) is 0 Å². The van der Waals surface area contributed by atoms with Crippen LogP contribution in [0.4, 0.5) is 11.5 Å². The summed E-state index contributed by atoms with van der Waals surface area (Å²) in [6, 6.07) is 5.92. The molecule has 7 nitrogen and oxygen atoms in total. The van der Waals surface area contributed by atoms with Gasteiger partial charge in [0.05, 0.1) is 57.2 Å². The number of quaternary nitrogens is 1. The van der Waals surface area contributed by atoms with E-state index in [2.05, 4.69) is 19.0 Å². The summed E-state index contributed by atoms with van der Waals surface area (Å²) in [7, 11) is 4.49. The van der Waals surface area contributed by atoms with Crippen LogP contribution in [0.2, 0.25) is 0 Å². The molecule has 134 valence electrons. The van der Waals surface area contributed by atoms with Crippen molar-refractivity contribution >= 4 is 28.5 Å². The predicted molar refractivity (Wildman–Crippen MR) is 103 cm³/mol. The topological polar surface area (TPSA) is 76.0 Å². The van der Waals surface area contributed by atoms with Crippen molar-refractivity contribution in [1.29, 1.82) is 0 Å². The van der Waals surface area contributed by atoms with Crippen LogP contribution >= 0.6 is 0 Å². The third kappa shape index (κ3) is 3.01. The Bertz CT molecular complexity index is 956. The van der Waals surface area contributed by atoms with Gasteiger partial charge in [0.2, 0.25) is 0 Å². The van der Waals surface area contributed by atoms with Gasteiger partial charge >= 0.3 is 0 Å². The molecule has 0 spiro atoms. The smallest absolute Gasteiger partial charge is 0.180 e. The molecule has 1 saturated heterocycles. The molecule has 2 N–H and O–H groups in total. The van der Waals surface area contributed by atoms with Gasteiger partial charge in [-0.3, -0.25) is 4.79 Å². The molecule has 4 rings (SSSR count). The molecular weight excluding hydrogens is 328 g/mol. The zero-order valence-corrected chi connectivity index (χ0v) is 15.1. The number of ketones is 1. The minimum absolute atomic E-state index is 0.113. The number of allylic oxidation sites excluding steroid dienone is 3. The molecule has 2 aromatic rings. The Morgan fingerprint density at radius 2 is 1.96 bits per heavy atom. The van der Waals surface area contributed by atoms with Crippen LogP contribution in [0.1, 0.15) is 0 Å². The molecule has 7 heteroatoms. The van der Waals surface area contributed by atoms with Gasteiger partial charge in [-0.1, -0.05) is 6.07 Å². The number of aliphatic imine (C=N–C) groups is 1. The van der Waals surface area contributed by atoms with Gasteiger partial charge < -0.3 is 15.1 Å². The van der Waals surface area contributed by atoms with E-state index in [-0.39, 0.29) is 5.78 Å². The summed E-state index contributed by atoms with van der Waals surface area (Å²) in [4.78, 5) is 18.6. The minimum Gasteiger partial charge on any atom is -0.397 e. The number of carbonyl (C=O) groups is 1.